The van der Waals surface area contributed by atoms with Crippen molar-refractivity contribution in [1.29, 1.82) is 0 Å². The molecule has 0 spiro atoms. The second-order valence-electron chi connectivity index (χ2n) is 7.23. The van der Waals surface area contributed by atoms with Gasteiger partial charge in [0.25, 0.3) is 15.9 Å². The fourth-order valence-electron chi connectivity index (χ4n) is 3.00. The third-order valence-corrected chi connectivity index (χ3v) is 6.17. The number of hydrogen-bond donors (Lipinski definition) is 2. The largest absolute Gasteiger partial charge is 0.322 e. The molecule has 0 heterocycles. The van der Waals surface area contributed by atoms with Crippen molar-refractivity contribution in [2.24, 2.45) is 0 Å². The summed E-state index contributed by atoms with van der Waals surface area (Å²) in [6, 6.07) is 17.6. The van der Waals surface area contributed by atoms with Crippen LogP contribution >= 0.6 is 0 Å². The smallest absolute Gasteiger partial charge is 0.262 e. The highest BCUT2D eigenvalue weighted by molar-refractivity contribution is 7.92. The lowest BCUT2D eigenvalue weighted by Gasteiger charge is -2.13. The van der Waals surface area contributed by atoms with E-state index in [-0.39, 0.29) is 10.8 Å². The van der Waals surface area contributed by atoms with Crippen molar-refractivity contribution in [2.75, 3.05) is 10.0 Å². The van der Waals surface area contributed by atoms with Gasteiger partial charge >= 0.3 is 0 Å². The fraction of sp³-hybridized carbons (Fsp3) is 0.174. The topological polar surface area (TPSA) is 75.3 Å². The Labute approximate surface area is 171 Å². The normalized spacial score (nSPS) is 11.2. The summed E-state index contributed by atoms with van der Waals surface area (Å²) in [4.78, 5) is 12.9. The van der Waals surface area contributed by atoms with E-state index in [9.17, 15) is 13.2 Å². The number of nitrogens with one attached hydrogen (secondary N) is 2. The molecule has 0 saturated carbocycles. The maximum Gasteiger partial charge on any atom is 0.262 e. The molecule has 0 saturated heterocycles. The van der Waals surface area contributed by atoms with Crippen molar-refractivity contribution in [2.45, 2.75) is 32.6 Å². The summed E-state index contributed by atoms with van der Waals surface area (Å²) in [6.45, 7) is 7.47. The van der Waals surface area contributed by atoms with Crippen molar-refractivity contribution in [1.82, 2.24) is 0 Å². The Morgan fingerprint density at radius 2 is 1.45 bits per heavy atom. The van der Waals surface area contributed by atoms with E-state index in [1.54, 1.807) is 37.3 Å². The highest BCUT2D eigenvalue weighted by Crippen LogP contribution is 2.22. The van der Waals surface area contributed by atoms with Crippen molar-refractivity contribution in [3.63, 3.8) is 0 Å². The first-order valence-corrected chi connectivity index (χ1v) is 10.7. The Morgan fingerprint density at radius 1 is 0.793 bits per heavy atom. The zero-order valence-electron chi connectivity index (χ0n) is 16.9. The molecular formula is C23H24N2O3S. The van der Waals surface area contributed by atoms with Gasteiger partial charge in [-0.3, -0.25) is 9.52 Å². The maximum absolute atomic E-state index is 12.8. The molecule has 2 N–H and O–H groups in total. The Balaban J connectivity index is 1.85. The first-order chi connectivity index (χ1) is 13.7. The molecule has 0 radical (unpaired) electrons. The van der Waals surface area contributed by atoms with Gasteiger partial charge in [-0.15, -0.1) is 0 Å². The number of benzene rings is 3. The highest BCUT2D eigenvalue weighted by atomic mass is 32.2. The van der Waals surface area contributed by atoms with Crippen LogP contribution in [0.1, 0.15) is 32.6 Å². The number of carbonyl (C=O) groups is 1. The van der Waals surface area contributed by atoms with Crippen molar-refractivity contribution in [3.05, 3.63) is 88.5 Å². The van der Waals surface area contributed by atoms with Gasteiger partial charge in [0.2, 0.25) is 0 Å². The molecule has 0 atom stereocenters. The van der Waals surface area contributed by atoms with Crippen LogP contribution in [-0.4, -0.2) is 14.3 Å². The lowest BCUT2D eigenvalue weighted by molar-refractivity contribution is 0.102. The molecule has 3 rings (SSSR count). The molecule has 0 aliphatic heterocycles. The number of rotatable bonds is 5. The van der Waals surface area contributed by atoms with Gasteiger partial charge in [-0.2, -0.15) is 0 Å². The molecule has 3 aromatic carbocycles. The van der Waals surface area contributed by atoms with Crippen LogP contribution < -0.4 is 10.0 Å². The summed E-state index contributed by atoms with van der Waals surface area (Å²) in [7, 11) is -3.76. The number of sulfonamides is 1. The average molecular weight is 409 g/mol. The predicted molar refractivity (Wildman–Crippen MR) is 117 cm³/mol. The van der Waals surface area contributed by atoms with Crippen LogP contribution in [0, 0.1) is 27.7 Å². The van der Waals surface area contributed by atoms with E-state index in [1.807, 2.05) is 45.0 Å². The number of carbonyl (C=O) groups excluding carboxylic acids is 1. The molecule has 0 aliphatic carbocycles. The SMILES string of the molecule is Cc1ccc(C)c(NC(=O)c2cccc(NS(=O)(=O)c3cc(C)ccc3C)c2)c1. The van der Waals surface area contributed by atoms with Crippen LogP contribution in [0.4, 0.5) is 11.4 Å². The second-order valence-corrected chi connectivity index (χ2v) is 8.88. The van der Waals surface area contributed by atoms with E-state index in [0.29, 0.717) is 16.8 Å². The molecule has 0 fully saturated rings. The van der Waals surface area contributed by atoms with E-state index in [2.05, 4.69) is 10.0 Å². The van der Waals surface area contributed by atoms with E-state index < -0.39 is 10.0 Å². The minimum atomic E-state index is -3.76. The molecule has 0 aromatic heterocycles. The van der Waals surface area contributed by atoms with Crippen LogP contribution in [0.2, 0.25) is 0 Å². The average Bonchev–Trinajstić information content (AvgIpc) is 2.66. The van der Waals surface area contributed by atoms with Crippen molar-refractivity contribution >= 4 is 27.3 Å². The second kappa shape index (κ2) is 8.09. The predicted octanol–water partition coefficient (Wildman–Crippen LogP) is 4.97. The Morgan fingerprint density at radius 3 is 2.17 bits per heavy atom. The molecule has 0 unspecified atom stereocenters. The minimum absolute atomic E-state index is 0.225. The summed E-state index contributed by atoms with van der Waals surface area (Å²) in [5, 5.41) is 2.89. The Bertz CT molecular complexity index is 1180. The molecule has 0 aliphatic rings. The molecular weight excluding hydrogens is 384 g/mol. The lowest BCUT2D eigenvalue weighted by Crippen LogP contribution is -2.16. The van der Waals surface area contributed by atoms with Crippen molar-refractivity contribution in [3.8, 4) is 0 Å². The first kappa shape index (κ1) is 20.6. The Hall–Kier alpha value is -3.12. The zero-order chi connectivity index (χ0) is 21.2. The molecule has 3 aromatic rings. The molecule has 150 valence electrons. The van der Waals surface area contributed by atoms with Gasteiger partial charge in [0, 0.05) is 16.9 Å². The number of hydrogen-bond acceptors (Lipinski definition) is 3. The fourth-order valence-corrected chi connectivity index (χ4v) is 4.38. The number of anilines is 2. The van der Waals surface area contributed by atoms with Gasteiger partial charge in [0.1, 0.15) is 0 Å². The van der Waals surface area contributed by atoms with E-state index >= 15 is 0 Å². The van der Waals surface area contributed by atoms with Gasteiger partial charge in [0.15, 0.2) is 0 Å². The van der Waals surface area contributed by atoms with Gasteiger partial charge in [-0.25, -0.2) is 8.42 Å². The van der Waals surface area contributed by atoms with E-state index in [4.69, 9.17) is 0 Å². The van der Waals surface area contributed by atoms with Crippen LogP contribution in [0.15, 0.2) is 65.6 Å². The quantitative estimate of drug-likeness (QED) is 0.626. The van der Waals surface area contributed by atoms with E-state index in [1.165, 1.54) is 6.07 Å². The third-order valence-electron chi connectivity index (χ3n) is 4.65. The van der Waals surface area contributed by atoms with Crippen LogP contribution in [0.5, 0.6) is 0 Å². The molecule has 0 bridgehead atoms. The Kier molecular flexibility index (Phi) is 5.75. The van der Waals surface area contributed by atoms with Gasteiger partial charge in [-0.1, -0.05) is 30.3 Å². The number of amides is 1. The van der Waals surface area contributed by atoms with Crippen LogP contribution in [-0.2, 0) is 10.0 Å². The highest BCUT2D eigenvalue weighted by Gasteiger charge is 2.18. The molecule has 29 heavy (non-hydrogen) atoms. The lowest BCUT2D eigenvalue weighted by atomic mass is 10.1. The third kappa shape index (κ3) is 4.84. The summed E-state index contributed by atoms with van der Waals surface area (Å²) >= 11 is 0. The van der Waals surface area contributed by atoms with Gasteiger partial charge < -0.3 is 5.32 Å². The van der Waals surface area contributed by atoms with E-state index in [0.717, 1.165) is 22.4 Å². The van der Waals surface area contributed by atoms with Crippen LogP contribution in [0.25, 0.3) is 0 Å². The van der Waals surface area contributed by atoms with Crippen LogP contribution in [0.3, 0.4) is 0 Å². The van der Waals surface area contributed by atoms with Crippen molar-refractivity contribution < 1.29 is 13.2 Å². The van der Waals surface area contributed by atoms with Gasteiger partial charge in [0.05, 0.1) is 4.90 Å². The summed E-state index contributed by atoms with van der Waals surface area (Å²) in [6.07, 6.45) is 0. The molecule has 6 heteroatoms. The maximum atomic E-state index is 12.8. The molecule has 5 nitrogen and oxygen atoms in total. The summed E-state index contributed by atoms with van der Waals surface area (Å²) in [5.74, 6) is -0.300. The summed E-state index contributed by atoms with van der Waals surface area (Å²) in [5.41, 5.74) is 4.95. The monoisotopic (exact) mass is 408 g/mol. The number of aryl methyl sites for hydroxylation is 4. The summed E-state index contributed by atoms with van der Waals surface area (Å²) < 4.78 is 28.2. The van der Waals surface area contributed by atoms with Gasteiger partial charge in [-0.05, 0) is 80.3 Å². The zero-order valence-corrected chi connectivity index (χ0v) is 17.7. The molecule has 1 amide bonds. The minimum Gasteiger partial charge on any atom is -0.322 e. The standard InChI is InChI=1S/C23H24N2O3S/c1-15-8-10-17(3)21(12-15)24-23(26)19-6-5-7-20(14-19)25-29(27,28)22-13-16(2)9-11-18(22)4/h5-14,25H,1-4H3,(H,24,26). The first-order valence-electron chi connectivity index (χ1n) is 9.24.